The normalized spacial score (nSPS) is 16.7. The van der Waals surface area contributed by atoms with Crippen LogP contribution < -0.4 is 14.4 Å². The minimum atomic E-state index is -3.47. The molecule has 0 spiro atoms. The maximum atomic E-state index is 13.0. The lowest BCUT2D eigenvalue weighted by molar-refractivity contribution is -0.122. The maximum Gasteiger partial charge on any atom is 0.265 e. The highest BCUT2D eigenvalue weighted by molar-refractivity contribution is 7.92. The lowest BCUT2D eigenvalue weighted by Gasteiger charge is -2.20. The van der Waals surface area contributed by atoms with Crippen LogP contribution in [0.5, 0.6) is 5.75 Å². The Morgan fingerprint density at radius 2 is 1.75 bits per heavy atom. The first kappa shape index (κ1) is 20.2. The summed E-state index contributed by atoms with van der Waals surface area (Å²) in [6.45, 7) is 4.28. The van der Waals surface area contributed by atoms with Crippen LogP contribution in [0.1, 0.15) is 31.4 Å². The Labute approximate surface area is 166 Å². The van der Waals surface area contributed by atoms with E-state index in [0.29, 0.717) is 11.4 Å². The third-order valence-corrected chi connectivity index (χ3v) is 6.12. The van der Waals surface area contributed by atoms with E-state index in [0.717, 1.165) is 35.9 Å². The number of ether oxygens (including phenoxy) is 1. The lowest BCUT2D eigenvalue weighted by atomic mass is 10.0. The summed E-state index contributed by atoms with van der Waals surface area (Å²) < 4.78 is 31.7. The summed E-state index contributed by atoms with van der Waals surface area (Å²) in [5.41, 5.74) is 3.43. The number of nitrogens with one attached hydrogen (secondary N) is 1. The van der Waals surface area contributed by atoms with Crippen LogP contribution in [0.25, 0.3) is 0 Å². The second-order valence-corrected chi connectivity index (χ2v) is 8.75. The summed E-state index contributed by atoms with van der Waals surface area (Å²) in [5, 5.41) is 3.03. The molecule has 3 rings (SSSR count). The molecule has 6 nitrogen and oxygen atoms in total. The summed E-state index contributed by atoms with van der Waals surface area (Å²) in [6.07, 6.45) is 2.26. The van der Waals surface area contributed by atoms with Gasteiger partial charge in [-0.05, 0) is 36.1 Å². The third kappa shape index (κ3) is 4.14. The molecular formula is C21H26N2O4S. The zero-order valence-electron chi connectivity index (χ0n) is 16.4. The van der Waals surface area contributed by atoms with Gasteiger partial charge in [-0.1, -0.05) is 44.2 Å². The van der Waals surface area contributed by atoms with Crippen molar-refractivity contribution in [3.63, 3.8) is 0 Å². The van der Waals surface area contributed by atoms with Gasteiger partial charge >= 0.3 is 0 Å². The van der Waals surface area contributed by atoms with Gasteiger partial charge < -0.3 is 10.1 Å². The number of carbonyl (C=O) groups excluding carboxylic acids is 1. The van der Waals surface area contributed by atoms with Crippen LogP contribution in [0.3, 0.4) is 0 Å². The van der Waals surface area contributed by atoms with Gasteiger partial charge in [-0.2, -0.15) is 0 Å². The molecule has 0 saturated carbocycles. The molecule has 2 aromatic carbocycles. The van der Waals surface area contributed by atoms with Crippen molar-refractivity contribution in [2.45, 2.75) is 39.2 Å². The number of para-hydroxylation sites is 3. The number of nitrogens with zero attached hydrogens (tertiary/aromatic N) is 1. The van der Waals surface area contributed by atoms with Crippen molar-refractivity contribution >= 4 is 27.3 Å². The number of fused-ring (bicyclic) bond motifs is 1. The van der Waals surface area contributed by atoms with Crippen molar-refractivity contribution in [3.8, 4) is 5.75 Å². The molecule has 0 bridgehead atoms. The highest BCUT2D eigenvalue weighted by Crippen LogP contribution is 2.34. The molecule has 1 aliphatic rings. The fraction of sp³-hybridized carbons (Fsp3) is 0.381. The van der Waals surface area contributed by atoms with Gasteiger partial charge in [-0.25, -0.2) is 8.42 Å². The highest BCUT2D eigenvalue weighted by Gasteiger charge is 2.31. The van der Waals surface area contributed by atoms with Gasteiger partial charge in [-0.15, -0.1) is 0 Å². The van der Waals surface area contributed by atoms with Crippen molar-refractivity contribution < 1.29 is 17.9 Å². The predicted octanol–water partition coefficient (Wildman–Crippen LogP) is 3.37. The van der Waals surface area contributed by atoms with Gasteiger partial charge in [0, 0.05) is 18.7 Å². The molecule has 0 radical (unpaired) electrons. The topological polar surface area (TPSA) is 75.7 Å². The number of aryl methyl sites for hydroxylation is 2. The van der Waals surface area contributed by atoms with Crippen molar-refractivity contribution in [1.29, 1.82) is 0 Å². The smallest absolute Gasteiger partial charge is 0.265 e. The molecule has 1 heterocycles. The van der Waals surface area contributed by atoms with Crippen molar-refractivity contribution in [3.05, 3.63) is 53.6 Å². The van der Waals surface area contributed by atoms with Crippen LogP contribution in [0, 0.1) is 0 Å². The second kappa shape index (κ2) is 8.22. The average Bonchev–Trinajstić information content (AvgIpc) is 2.87. The van der Waals surface area contributed by atoms with Crippen LogP contribution in [0.4, 0.5) is 11.4 Å². The molecule has 1 atom stereocenters. The zero-order valence-corrected chi connectivity index (χ0v) is 17.3. The molecule has 1 N–H and O–H groups in total. The fourth-order valence-electron chi connectivity index (χ4n) is 3.47. The minimum Gasteiger partial charge on any atom is -0.478 e. The Hall–Kier alpha value is -2.54. The van der Waals surface area contributed by atoms with E-state index in [1.54, 1.807) is 24.3 Å². The van der Waals surface area contributed by atoms with E-state index in [9.17, 15) is 13.2 Å². The Kier molecular flexibility index (Phi) is 5.93. The number of amides is 1. The van der Waals surface area contributed by atoms with Gasteiger partial charge in [0.2, 0.25) is 10.0 Å². The van der Waals surface area contributed by atoms with Crippen LogP contribution >= 0.6 is 0 Å². The van der Waals surface area contributed by atoms with Crippen LogP contribution in [-0.2, 0) is 27.7 Å². The average molecular weight is 403 g/mol. The van der Waals surface area contributed by atoms with E-state index in [1.807, 2.05) is 32.0 Å². The summed E-state index contributed by atoms with van der Waals surface area (Å²) in [5.74, 6) is 0.130. The number of rotatable bonds is 5. The predicted molar refractivity (Wildman–Crippen MR) is 111 cm³/mol. The molecule has 0 aromatic heterocycles. The van der Waals surface area contributed by atoms with Crippen LogP contribution in [-0.4, -0.2) is 33.2 Å². The maximum absolute atomic E-state index is 13.0. The van der Waals surface area contributed by atoms with Crippen molar-refractivity contribution in [2.24, 2.45) is 0 Å². The lowest BCUT2D eigenvalue weighted by Crippen LogP contribution is -2.36. The van der Waals surface area contributed by atoms with Crippen molar-refractivity contribution in [1.82, 2.24) is 0 Å². The van der Waals surface area contributed by atoms with E-state index >= 15 is 0 Å². The molecule has 150 valence electrons. The number of sulfonamides is 1. The number of anilines is 2. The molecule has 28 heavy (non-hydrogen) atoms. The van der Waals surface area contributed by atoms with Crippen molar-refractivity contribution in [2.75, 3.05) is 22.4 Å². The van der Waals surface area contributed by atoms with Gasteiger partial charge in [0.1, 0.15) is 5.75 Å². The minimum absolute atomic E-state index is 0.185. The quantitative estimate of drug-likeness (QED) is 0.832. The first-order chi connectivity index (χ1) is 13.3. The Bertz CT molecular complexity index is 950. The van der Waals surface area contributed by atoms with E-state index in [2.05, 4.69) is 5.32 Å². The molecule has 7 heteroatoms. The molecule has 2 aromatic rings. The molecule has 0 aliphatic carbocycles. The van der Waals surface area contributed by atoms with Crippen LogP contribution in [0.2, 0.25) is 0 Å². The molecule has 0 fully saturated rings. The molecule has 1 unspecified atom stereocenters. The summed E-state index contributed by atoms with van der Waals surface area (Å²) in [4.78, 5) is 13.0. The Morgan fingerprint density at radius 3 is 2.36 bits per heavy atom. The van der Waals surface area contributed by atoms with E-state index in [1.165, 1.54) is 4.31 Å². The first-order valence-electron chi connectivity index (χ1n) is 9.50. The number of carbonyl (C=O) groups is 1. The third-order valence-electron chi connectivity index (χ3n) is 4.94. The fourth-order valence-corrected chi connectivity index (χ4v) is 4.41. The van der Waals surface area contributed by atoms with E-state index < -0.39 is 16.1 Å². The van der Waals surface area contributed by atoms with Gasteiger partial charge in [0.05, 0.1) is 11.9 Å². The van der Waals surface area contributed by atoms with Gasteiger partial charge in [0.25, 0.3) is 5.91 Å². The molecular weight excluding hydrogens is 376 g/mol. The second-order valence-electron chi connectivity index (χ2n) is 6.85. The highest BCUT2D eigenvalue weighted by atomic mass is 32.2. The Morgan fingerprint density at radius 1 is 1.11 bits per heavy atom. The first-order valence-corrected chi connectivity index (χ1v) is 11.3. The summed E-state index contributed by atoms with van der Waals surface area (Å²) in [7, 11) is -3.47. The monoisotopic (exact) mass is 402 g/mol. The number of hydrogen-bond acceptors (Lipinski definition) is 4. The number of hydrogen-bond donors (Lipinski definition) is 1. The zero-order chi connectivity index (χ0) is 20.3. The molecule has 1 amide bonds. The standard InChI is InChI=1S/C21H26N2O4S/c1-4-15-9-8-10-16(5-2)20(15)22-21(24)19-13-14-23(28(3,25)26)17-11-6-7-12-18(17)27-19/h6-12,19H,4-5,13-14H2,1-3H3,(H,22,24). The SMILES string of the molecule is CCc1cccc(CC)c1NC(=O)C1CCN(S(C)(=O)=O)c2ccccc2O1. The number of benzene rings is 2. The van der Waals surface area contributed by atoms with Gasteiger partial charge in [-0.3, -0.25) is 9.10 Å². The largest absolute Gasteiger partial charge is 0.478 e. The van der Waals surface area contributed by atoms with Crippen LogP contribution in [0.15, 0.2) is 42.5 Å². The van der Waals surface area contributed by atoms with Gasteiger partial charge in [0.15, 0.2) is 6.10 Å². The Balaban J connectivity index is 1.89. The summed E-state index contributed by atoms with van der Waals surface area (Å²) >= 11 is 0. The molecule has 0 saturated heterocycles. The van der Waals surface area contributed by atoms with E-state index in [4.69, 9.17) is 4.74 Å². The van der Waals surface area contributed by atoms with E-state index in [-0.39, 0.29) is 18.9 Å². The summed E-state index contributed by atoms with van der Waals surface area (Å²) in [6, 6.07) is 12.9. The molecule has 1 aliphatic heterocycles.